The molecule has 0 saturated heterocycles. The molecule has 2 aromatic carbocycles. The summed E-state index contributed by atoms with van der Waals surface area (Å²) in [6, 6.07) is 17.4. The average molecular weight is 556 g/mol. The minimum Gasteiger partial charge on any atom is -0.475 e. The molecule has 0 amide bonds. The Hall–Kier alpha value is -3.80. The predicted octanol–water partition coefficient (Wildman–Crippen LogP) is 4.65. The van der Waals surface area contributed by atoms with Crippen LogP contribution in [0, 0.1) is 0 Å². The van der Waals surface area contributed by atoms with Crippen molar-refractivity contribution in [2.75, 3.05) is 39.9 Å². The monoisotopic (exact) mass is 555 g/mol. The van der Waals surface area contributed by atoms with Crippen molar-refractivity contribution < 1.29 is 27.8 Å². The molecule has 3 heterocycles. The molecular weight excluding hydrogens is 523 g/mol. The average Bonchev–Trinajstić information content (AvgIpc) is 3.41. The Morgan fingerprint density at radius 2 is 1.25 bits per heavy atom. The number of benzene rings is 2. The molecule has 3 aromatic rings. The lowest BCUT2D eigenvalue weighted by molar-refractivity contribution is -0.192. The number of rotatable bonds is 7. The molecule has 0 fully saturated rings. The van der Waals surface area contributed by atoms with Crippen molar-refractivity contribution in [1.82, 2.24) is 25.4 Å². The smallest absolute Gasteiger partial charge is 0.475 e. The molecule has 40 heavy (non-hydrogen) atoms. The van der Waals surface area contributed by atoms with E-state index in [-0.39, 0.29) is 0 Å². The molecular formula is C29H32F3N5O3. The Morgan fingerprint density at radius 1 is 0.850 bits per heavy atom. The quantitative estimate of drug-likeness (QED) is 0.390. The molecule has 0 radical (unpaired) electrons. The molecule has 212 valence electrons. The summed E-state index contributed by atoms with van der Waals surface area (Å²) in [6.07, 6.45) is 1.61. The summed E-state index contributed by atoms with van der Waals surface area (Å²) in [7, 11) is 1.73. The molecule has 0 aliphatic carbocycles. The van der Waals surface area contributed by atoms with Gasteiger partial charge < -0.3 is 25.0 Å². The van der Waals surface area contributed by atoms with Crippen LogP contribution in [-0.2, 0) is 16.1 Å². The minimum absolute atomic E-state index is 0.605. The Morgan fingerprint density at radius 3 is 1.57 bits per heavy atom. The number of carboxylic acids is 1. The van der Waals surface area contributed by atoms with Crippen molar-refractivity contribution >= 4 is 17.1 Å². The van der Waals surface area contributed by atoms with Crippen molar-refractivity contribution in [3.63, 3.8) is 0 Å². The van der Waals surface area contributed by atoms with E-state index < -0.39 is 12.1 Å². The van der Waals surface area contributed by atoms with E-state index in [1.807, 2.05) is 0 Å². The van der Waals surface area contributed by atoms with Gasteiger partial charge in [-0.25, -0.2) is 4.79 Å². The van der Waals surface area contributed by atoms with Crippen LogP contribution in [-0.4, -0.2) is 71.9 Å². The van der Waals surface area contributed by atoms with Gasteiger partial charge in [-0.1, -0.05) is 60.7 Å². The van der Waals surface area contributed by atoms with Crippen LogP contribution in [0.2, 0.25) is 0 Å². The summed E-state index contributed by atoms with van der Waals surface area (Å²) in [6.45, 7) is 5.27. The highest BCUT2D eigenvalue weighted by Crippen LogP contribution is 2.29. The molecule has 11 heteroatoms. The second-order valence-corrected chi connectivity index (χ2v) is 9.32. The maximum Gasteiger partial charge on any atom is 0.490 e. The van der Waals surface area contributed by atoms with E-state index in [2.05, 4.69) is 86.1 Å². The van der Waals surface area contributed by atoms with Gasteiger partial charge >= 0.3 is 12.1 Å². The first-order valence-electron chi connectivity index (χ1n) is 13.0. The second-order valence-electron chi connectivity index (χ2n) is 9.32. The fraction of sp³-hybridized carbons (Fsp3) is 0.345. The third-order valence-corrected chi connectivity index (χ3v) is 6.67. The number of carboxylic acid groups (broad SMARTS) is 1. The fourth-order valence-electron chi connectivity index (χ4n) is 4.56. The second kappa shape index (κ2) is 13.5. The van der Waals surface area contributed by atoms with Gasteiger partial charge in [0.05, 0.1) is 6.61 Å². The van der Waals surface area contributed by atoms with Crippen LogP contribution >= 0.6 is 0 Å². The highest BCUT2D eigenvalue weighted by atomic mass is 19.4. The number of ether oxygens (including phenoxy) is 1. The first kappa shape index (κ1) is 29.2. The van der Waals surface area contributed by atoms with Crippen molar-refractivity contribution in [3.8, 4) is 22.8 Å². The van der Waals surface area contributed by atoms with Crippen molar-refractivity contribution in [2.45, 2.75) is 25.6 Å². The minimum atomic E-state index is -5.08. The Labute approximate surface area is 230 Å². The van der Waals surface area contributed by atoms with E-state index in [0.29, 0.717) is 13.2 Å². The van der Waals surface area contributed by atoms with E-state index in [4.69, 9.17) is 14.6 Å². The predicted molar refractivity (Wildman–Crippen MR) is 147 cm³/mol. The lowest BCUT2D eigenvalue weighted by Gasteiger charge is -2.15. The molecule has 0 bridgehead atoms. The third-order valence-electron chi connectivity index (χ3n) is 6.67. The van der Waals surface area contributed by atoms with Gasteiger partial charge in [0.1, 0.15) is 0 Å². The summed E-state index contributed by atoms with van der Waals surface area (Å²) in [5.74, 6) is -1.01. The maximum absolute atomic E-state index is 10.6. The van der Waals surface area contributed by atoms with Gasteiger partial charge in [0.2, 0.25) is 0 Å². The number of nitrogens with one attached hydrogen (secondary N) is 2. The van der Waals surface area contributed by atoms with E-state index in [9.17, 15) is 13.2 Å². The molecule has 5 rings (SSSR count). The molecule has 0 saturated carbocycles. The largest absolute Gasteiger partial charge is 0.490 e. The molecule has 0 spiro atoms. The van der Waals surface area contributed by atoms with Crippen LogP contribution in [0.3, 0.4) is 0 Å². The Bertz CT molecular complexity index is 1260. The van der Waals surface area contributed by atoms with Gasteiger partial charge in [-0.05, 0) is 48.2 Å². The van der Waals surface area contributed by atoms with Gasteiger partial charge in [-0.15, -0.1) is 10.2 Å². The van der Waals surface area contributed by atoms with E-state index in [1.54, 1.807) is 7.11 Å². The van der Waals surface area contributed by atoms with Gasteiger partial charge in [0.25, 0.3) is 0 Å². The third kappa shape index (κ3) is 7.44. The first-order valence-corrected chi connectivity index (χ1v) is 13.0. The molecule has 3 N–H and O–H groups in total. The summed E-state index contributed by atoms with van der Waals surface area (Å²) < 4.78 is 39.3. The molecule has 2 aliphatic heterocycles. The number of hydrogen-bond donors (Lipinski definition) is 3. The van der Waals surface area contributed by atoms with Crippen LogP contribution in [0.4, 0.5) is 13.2 Å². The van der Waals surface area contributed by atoms with Crippen LogP contribution in [0.5, 0.6) is 0 Å². The molecule has 1 aromatic heterocycles. The number of aromatic nitrogens is 3. The Balaban J connectivity index is 0.000000470. The number of hydrogen-bond acceptors (Lipinski definition) is 6. The van der Waals surface area contributed by atoms with Crippen molar-refractivity contribution in [1.29, 1.82) is 0 Å². The summed E-state index contributed by atoms with van der Waals surface area (Å²) in [4.78, 5) is 8.90. The van der Waals surface area contributed by atoms with Gasteiger partial charge in [-0.2, -0.15) is 13.2 Å². The standard InChI is InChI=1S/C27H31N5O.C2HF3O2/c1-33-19-18-32-26(24-6-2-20(3-7-24)22-10-14-28-15-11-22)30-31-27(32)25-8-4-21(5-9-25)23-12-16-29-17-13-23;3-2(4,5)1(6)7/h2-10,12,28-29H,11,13-19H2,1H3;(H,6,7). The molecule has 0 unspecified atom stereocenters. The number of aliphatic carboxylic acids is 1. The zero-order chi connectivity index (χ0) is 28.5. The van der Waals surface area contributed by atoms with Crippen molar-refractivity contribution in [3.05, 3.63) is 71.8 Å². The Kier molecular flexibility index (Phi) is 9.86. The van der Waals surface area contributed by atoms with E-state index in [0.717, 1.165) is 61.8 Å². The topological polar surface area (TPSA) is 101 Å². The van der Waals surface area contributed by atoms with Crippen LogP contribution < -0.4 is 10.6 Å². The van der Waals surface area contributed by atoms with Crippen LogP contribution in [0.1, 0.15) is 24.0 Å². The van der Waals surface area contributed by atoms with E-state index >= 15 is 0 Å². The maximum atomic E-state index is 10.6. The van der Waals surface area contributed by atoms with E-state index in [1.165, 1.54) is 22.3 Å². The van der Waals surface area contributed by atoms with Gasteiger partial charge in [0, 0.05) is 37.9 Å². The molecule has 0 atom stereocenters. The van der Waals surface area contributed by atoms with Crippen LogP contribution in [0.25, 0.3) is 33.9 Å². The van der Waals surface area contributed by atoms with Gasteiger partial charge in [-0.3, -0.25) is 0 Å². The lowest BCUT2D eigenvalue weighted by atomic mass is 9.99. The zero-order valence-electron chi connectivity index (χ0n) is 22.2. The van der Waals surface area contributed by atoms with Crippen LogP contribution in [0.15, 0.2) is 60.7 Å². The summed E-state index contributed by atoms with van der Waals surface area (Å²) in [5.41, 5.74) is 7.52. The summed E-state index contributed by atoms with van der Waals surface area (Å²) >= 11 is 0. The highest BCUT2D eigenvalue weighted by Gasteiger charge is 2.38. The fourth-order valence-corrected chi connectivity index (χ4v) is 4.56. The normalized spacial score (nSPS) is 15.5. The lowest BCUT2D eigenvalue weighted by Crippen LogP contribution is -2.21. The van der Waals surface area contributed by atoms with Crippen molar-refractivity contribution in [2.24, 2.45) is 0 Å². The number of carbonyl (C=O) groups is 1. The zero-order valence-corrected chi connectivity index (χ0v) is 22.2. The molecule has 8 nitrogen and oxygen atoms in total. The highest BCUT2D eigenvalue weighted by molar-refractivity contribution is 5.73. The SMILES string of the molecule is COCCn1c(-c2ccc(C3=CCNCC3)cc2)nnc1-c1ccc(C2=CCNCC2)cc1.O=C(O)C(F)(F)F. The van der Waals surface area contributed by atoms with Gasteiger partial charge in [0.15, 0.2) is 11.6 Å². The number of nitrogens with zero attached hydrogens (tertiary/aromatic N) is 3. The first-order chi connectivity index (χ1) is 19.3. The number of halogens is 3. The number of alkyl halides is 3. The molecule has 2 aliphatic rings. The summed E-state index contributed by atoms with van der Waals surface area (Å²) in [5, 5.41) is 23.0. The number of methoxy groups -OCH3 is 1.